The van der Waals surface area contributed by atoms with Crippen molar-refractivity contribution < 1.29 is 9.47 Å². The van der Waals surface area contributed by atoms with Crippen molar-refractivity contribution in [1.82, 2.24) is 10.2 Å². The summed E-state index contributed by atoms with van der Waals surface area (Å²) in [7, 11) is 2.15. The average molecular weight is 278 g/mol. The lowest BCUT2D eigenvalue weighted by atomic mass is 10.2. The summed E-state index contributed by atoms with van der Waals surface area (Å²) in [6.07, 6.45) is 0. The van der Waals surface area contributed by atoms with Gasteiger partial charge in [0.15, 0.2) is 11.5 Å². The monoisotopic (exact) mass is 278 g/mol. The zero-order valence-corrected chi connectivity index (χ0v) is 12.8. The summed E-state index contributed by atoms with van der Waals surface area (Å²) in [5.41, 5.74) is 1.26. The molecule has 1 heterocycles. The van der Waals surface area contributed by atoms with Gasteiger partial charge in [-0.3, -0.25) is 0 Å². The molecule has 4 nitrogen and oxygen atoms in total. The highest BCUT2D eigenvalue weighted by atomic mass is 16.6. The van der Waals surface area contributed by atoms with Crippen LogP contribution < -0.4 is 14.8 Å². The Morgan fingerprint density at radius 1 is 1.20 bits per heavy atom. The standard InChI is InChI=1S/C16H26N2O2/c1-13(2)11-17-6-7-18(3)12-14-4-5-15-16(10-14)20-9-8-19-15/h4-5,10,13,17H,6-9,11-12H2,1-3H3. The van der Waals surface area contributed by atoms with Crippen molar-refractivity contribution in [3.05, 3.63) is 23.8 Å². The molecule has 1 aliphatic heterocycles. The minimum absolute atomic E-state index is 0.644. The Morgan fingerprint density at radius 2 is 1.95 bits per heavy atom. The molecule has 1 aromatic carbocycles. The van der Waals surface area contributed by atoms with Crippen LogP contribution in [0.25, 0.3) is 0 Å². The Bertz CT molecular complexity index is 421. The number of likely N-dealkylation sites (N-methyl/N-ethyl adjacent to an activating group) is 1. The first-order chi connectivity index (χ1) is 9.65. The van der Waals surface area contributed by atoms with Crippen molar-refractivity contribution in [3.8, 4) is 11.5 Å². The summed E-state index contributed by atoms with van der Waals surface area (Å²) in [6.45, 7) is 9.83. The van der Waals surface area contributed by atoms with Crippen LogP contribution in [0.5, 0.6) is 11.5 Å². The van der Waals surface area contributed by atoms with Gasteiger partial charge in [0.2, 0.25) is 0 Å². The van der Waals surface area contributed by atoms with E-state index in [-0.39, 0.29) is 0 Å². The predicted molar refractivity (Wildman–Crippen MR) is 81.5 cm³/mol. The van der Waals surface area contributed by atoms with Gasteiger partial charge in [-0.25, -0.2) is 0 Å². The van der Waals surface area contributed by atoms with Gasteiger partial charge in [0.1, 0.15) is 13.2 Å². The second-order valence-corrected chi connectivity index (χ2v) is 5.81. The fourth-order valence-electron chi connectivity index (χ4n) is 2.24. The van der Waals surface area contributed by atoms with Crippen LogP contribution in [0.4, 0.5) is 0 Å². The van der Waals surface area contributed by atoms with Gasteiger partial charge in [-0.15, -0.1) is 0 Å². The molecule has 112 valence electrons. The largest absolute Gasteiger partial charge is 0.486 e. The molecular formula is C16H26N2O2. The van der Waals surface area contributed by atoms with E-state index in [1.54, 1.807) is 0 Å². The molecule has 0 aliphatic carbocycles. The first-order valence-corrected chi connectivity index (χ1v) is 7.43. The molecule has 20 heavy (non-hydrogen) atoms. The lowest BCUT2D eigenvalue weighted by Crippen LogP contribution is -2.30. The molecule has 4 heteroatoms. The predicted octanol–water partition coefficient (Wildman–Crippen LogP) is 2.14. The topological polar surface area (TPSA) is 33.7 Å². The molecule has 0 saturated heterocycles. The molecule has 0 spiro atoms. The number of ether oxygens (including phenoxy) is 2. The van der Waals surface area contributed by atoms with E-state index in [9.17, 15) is 0 Å². The number of hydrogen-bond donors (Lipinski definition) is 1. The maximum atomic E-state index is 5.61. The van der Waals surface area contributed by atoms with Crippen molar-refractivity contribution in [2.24, 2.45) is 5.92 Å². The van der Waals surface area contributed by atoms with Crippen molar-refractivity contribution in [2.45, 2.75) is 20.4 Å². The van der Waals surface area contributed by atoms with E-state index in [4.69, 9.17) is 9.47 Å². The Balaban J connectivity index is 1.77. The molecule has 0 aromatic heterocycles. The molecule has 0 saturated carbocycles. The van der Waals surface area contributed by atoms with E-state index in [0.717, 1.165) is 37.7 Å². The summed E-state index contributed by atoms with van der Waals surface area (Å²) >= 11 is 0. The summed E-state index contributed by atoms with van der Waals surface area (Å²) in [6, 6.07) is 6.22. The normalized spacial score (nSPS) is 14.1. The minimum Gasteiger partial charge on any atom is -0.486 e. The zero-order chi connectivity index (χ0) is 14.4. The highest BCUT2D eigenvalue weighted by Crippen LogP contribution is 2.30. The molecule has 2 rings (SSSR count). The molecular weight excluding hydrogens is 252 g/mol. The van der Waals surface area contributed by atoms with Gasteiger partial charge in [0.25, 0.3) is 0 Å². The molecule has 1 N–H and O–H groups in total. The van der Waals surface area contributed by atoms with Crippen LogP contribution in [0.15, 0.2) is 18.2 Å². The van der Waals surface area contributed by atoms with E-state index >= 15 is 0 Å². The third kappa shape index (κ3) is 4.69. The molecule has 0 fully saturated rings. The first kappa shape index (κ1) is 15.1. The molecule has 0 atom stereocenters. The molecule has 0 amide bonds. The Hall–Kier alpha value is -1.26. The van der Waals surface area contributed by atoms with Crippen LogP contribution >= 0.6 is 0 Å². The summed E-state index contributed by atoms with van der Waals surface area (Å²) in [5.74, 6) is 2.44. The number of benzene rings is 1. The van der Waals surface area contributed by atoms with Crippen molar-refractivity contribution in [2.75, 3.05) is 39.9 Å². The van der Waals surface area contributed by atoms with Crippen LogP contribution in [0.2, 0.25) is 0 Å². The highest BCUT2D eigenvalue weighted by molar-refractivity contribution is 5.43. The Labute approximate surface area is 122 Å². The van der Waals surface area contributed by atoms with E-state index in [1.807, 2.05) is 6.07 Å². The number of hydrogen-bond acceptors (Lipinski definition) is 4. The van der Waals surface area contributed by atoms with Crippen molar-refractivity contribution in [3.63, 3.8) is 0 Å². The van der Waals surface area contributed by atoms with Crippen LogP contribution in [-0.4, -0.2) is 44.8 Å². The van der Waals surface area contributed by atoms with Crippen LogP contribution in [0.3, 0.4) is 0 Å². The minimum atomic E-state index is 0.644. The van der Waals surface area contributed by atoms with Crippen LogP contribution in [-0.2, 0) is 6.54 Å². The molecule has 0 unspecified atom stereocenters. The van der Waals surface area contributed by atoms with Gasteiger partial charge in [-0.2, -0.15) is 0 Å². The van der Waals surface area contributed by atoms with Gasteiger partial charge >= 0.3 is 0 Å². The van der Waals surface area contributed by atoms with Crippen LogP contribution in [0.1, 0.15) is 19.4 Å². The van der Waals surface area contributed by atoms with E-state index < -0.39 is 0 Å². The molecule has 0 bridgehead atoms. The summed E-state index contributed by atoms with van der Waals surface area (Å²) in [5, 5.41) is 3.47. The molecule has 0 radical (unpaired) electrons. The number of nitrogens with one attached hydrogen (secondary N) is 1. The fraction of sp³-hybridized carbons (Fsp3) is 0.625. The van der Waals surface area contributed by atoms with Gasteiger partial charge in [-0.1, -0.05) is 19.9 Å². The quantitative estimate of drug-likeness (QED) is 0.775. The van der Waals surface area contributed by atoms with Gasteiger partial charge < -0.3 is 19.7 Å². The van der Waals surface area contributed by atoms with Gasteiger partial charge in [0, 0.05) is 19.6 Å². The first-order valence-electron chi connectivity index (χ1n) is 7.43. The highest BCUT2D eigenvalue weighted by Gasteiger charge is 2.12. The maximum absolute atomic E-state index is 5.61. The Morgan fingerprint density at radius 3 is 2.70 bits per heavy atom. The van der Waals surface area contributed by atoms with Crippen molar-refractivity contribution in [1.29, 1.82) is 0 Å². The number of rotatable bonds is 7. The summed E-state index contributed by atoms with van der Waals surface area (Å²) < 4.78 is 11.2. The zero-order valence-electron chi connectivity index (χ0n) is 12.8. The van der Waals surface area contributed by atoms with Gasteiger partial charge in [-0.05, 0) is 37.2 Å². The van der Waals surface area contributed by atoms with Crippen molar-refractivity contribution >= 4 is 0 Å². The maximum Gasteiger partial charge on any atom is 0.161 e. The average Bonchev–Trinajstić information content (AvgIpc) is 2.43. The number of fused-ring (bicyclic) bond motifs is 1. The van der Waals surface area contributed by atoms with E-state index in [0.29, 0.717) is 19.1 Å². The third-order valence-corrected chi connectivity index (χ3v) is 3.28. The van der Waals surface area contributed by atoms with Crippen LogP contribution in [0, 0.1) is 5.92 Å². The van der Waals surface area contributed by atoms with E-state index in [1.165, 1.54) is 5.56 Å². The fourth-order valence-corrected chi connectivity index (χ4v) is 2.24. The lowest BCUT2D eigenvalue weighted by Gasteiger charge is -2.21. The second kappa shape index (κ2) is 7.50. The lowest BCUT2D eigenvalue weighted by molar-refractivity contribution is 0.171. The van der Waals surface area contributed by atoms with E-state index in [2.05, 4.69) is 43.2 Å². The van der Waals surface area contributed by atoms with Gasteiger partial charge in [0.05, 0.1) is 0 Å². The smallest absolute Gasteiger partial charge is 0.161 e. The third-order valence-electron chi connectivity index (χ3n) is 3.28. The second-order valence-electron chi connectivity index (χ2n) is 5.81. The number of nitrogens with zero attached hydrogens (tertiary/aromatic N) is 1. The summed E-state index contributed by atoms with van der Waals surface area (Å²) in [4.78, 5) is 2.32. The Kier molecular flexibility index (Phi) is 5.68. The molecule has 1 aliphatic rings. The molecule has 1 aromatic rings. The SMILES string of the molecule is CC(C)CNCCN(C)Cc1ccc2c(c1)OCCO2.